The maximum Gasteiger partial charge on any atom is 0.231 e. The number of amides is 1. The molecule has 0 aromatic carbocycles. The van der Waals surface area contributed by atoms with Crippen LogP contribution in [0.4, 0.5) is 0 Å². The molecule has 1 N–H and O–H groups in total. The van der Waals surface area contributed by atoms with Crippen molar-refractivity contribution in [2.45, 2.75) is 37.6 Å². The quantitative estimate of drug-likeness (QED) is 0.682. The predicted molar refractivity (Wildman–Crippen MR) is 98.3 cm³/mol. The topological polar surface area (TPSA) is 42.2 Å². The van der Waals surface area contributed by atoms with E-state index in [0.29, 0.717) is 6.54 Å². The second-order valence-corrected chi connectivity index (χ2v) is 8.09. The number of furan rings is 1. The molecule has 1 amide bonds. The summed E-state index contributed by atoms with van der Waals surface area (Å²) in [5.74, 6) is 1.80. The van der Waals surface area contributed by atoms with Crippen LogP contribution in [0.3, 0.4) is 0 Å². The summed E-state index contributed by atoms with van der Waals surface area (Å²) in [7, 11) is 0. The standard InChI is InChI=1S/C19H19NO2S2/c21-18(19(9-1-2-10-19)17-6-4-12-24-17)20-13-14-7-8-15(22-14)16-5-3-11-23-16/h3-8,11-12H,1-2,9-10,13H2,(H,20,21). The highest BCUT2D eigenvalue weighted by molar-refractivity contribution is 7.13. The summed E-state index contributed by atoms with van der Waals surface area (Å²) in [6, 6.07) is 12.1. The van der Waals surface area contributed by atoms with E-state index in [9.17, 15) is 4.79 Å². The summed E-state index contributed by atoms with van der Waals surface area (Å²) in [6.45, 7) is 0.442. The van der Waals surface area contributed by atoms with Crippen LogP contribution in [0.15, 0.2) is 51.6 Å². The van der Waals surface area contributed by atoms with E-state index in [2.05, 4.69) is 16.8 Å². The summed E-state index contributed by atoms with van der Waals surface area (Å²) in [5, 5.41) is 7.20. The van der Waals surface area contributed by atoms with Crippen molar-refractivity contribution in [1.82, 2.24) is 5.32 Å². The highest BCUT2D eigenvalue weighted by Gasteiger charge is 2.43. The van der Waals surface area contributed by atoms with E-state index in [1.807, 2.05) is 35.7 Å². The second kappa shape index (κ2) is 6.57. The Kier molecular flexibility index (Phi) is 4.29. The van der Waals surface area contributed by atoms with Crippen LogP contribution in [0.2, 0.25) is 0 Å². The molecule has 124 valence electrons. The molecule has 24 heavy (non-hydrogen) atoms. The van der Waals surface area contributed by atoms with Crippen molar-refractivity contribution in [2.75, 3.05) is 0 Å². The summed E-state index contributed by atoms with van der Waals surface area (Å²) < 4.78 is 5.86. The van der Waals surface area contributed by atoms with Crippen LogP contribution in [0.25, 0.3) is 10.6 Å². The molecular formula is C19H19NO2S2. The minimum Gasteiger partial charge on any atom is -0.458 e. The lowest BCUT2D eigenvalue weighted by Crippen LogP contribution is -2.41. The van der Waals surface area contributed by atoms with E-state index >= 15 is 0 Å². The Labute approximate surface area is 149 Å². The van der Waals surface area contributed by atoms with Crippen LogP contribution in [-0.2, 0) is 16.8 Å². The highest BCUT2D eigenvalue weighted by Crippen LogP contribution is 2.43. The Morgan fingerprint density at radius 3 is 2.58 bits per heavy atom. The van der Waals surface area contributed by atoms with Crippen molar-refractivity contribution in [1.29, 1.82) is 0 Å². The molecule has 4 rings (SSSR count). The van der Waals surface area contributed by atoms with Gasteiger partial charge in [-0.1, -0.05) is 25.0 Å². The third kappa shape index (κ3) is 2.82. The molecule has 1 saturated carbocycles. The summed E-state index contributed by atoms with van der Waals surface area (Å²) in [6.07, 6.45) is 4.12. The number of carbonyl (C=O) groups is 1. The van der Waals surface area contributed by atoms with Gasteiger partial charge in [0.25, 0.3) is 0 Å². The first kappa shape index (κ1) is 15.7. The Morgan fingerprint density at radius 2 is 1.88 bits per heavy atom. The number of rotatable bonds is 5. The van der Waals surface area contributed by atoms with Gasteiger partial charge in [-0.3, -0.25) is 4.79 Å². The lowest BCUT2D eigenvalue weighted by Gasteiger charge is -2.26. The van der Waals surface area contributed by atoms with Crippen molar-refractivity contribution < 1.29 is 9.21 Å². The Balaban J connectivity index is 1.46. The van der Waals surface area contributed by atoms with E-state index in [-0.39, 0.29) is 11.3 Å². The van der Waals surface area contributed by atoms with Crippen molar-refractivity contribution in [3.05, 3.63) is 57.8 Å². The lowest BCUT2D eigenvalue weighted by atomic mass is 9.83. The largest absolute Gasteiger partial charge is 0.458 e. The molecule has 3 nitrogen and oxygen atoms in total. The Hall–Kier alpha value is -1.85. The Bertz CT molecular complexity index is 796. The van der Waals surface area contributed by atoms with Crippen LogP contribution in [0, 0.1) is 0 Å². The van der Waals surface area contributed by atoms with E-state index in [0.717, 1.165) is 42.1 Å². The van der Waals surface area contributed by atoms with Gasteiger partial charge < -0.3 is 9.73 Å². The molecule has 3 aromatic heterocycles. The zero-order valence-corrected chi connectivity index (χ0v) is 14.9. The fourth-order valence-corrected chi connectivity index (χ4v) is 5.15. The van der Waals surface area contributed by atoms with Gasteiger partial charge in [-0.15, -0.1) is 22.7 Å². The Morgan fingerprint density at radius 1 is 1.08 bits per heavy atom. The number of thiophene rings is 2. The third-order valence-corrected chi connectivity index (χ3v) is 6.69. The van der Waals surface area contributed by atoms with Gasteiger partial charge in [0, 0.05) is 4.88 Å². The van der Waals surface area contributed by atoms with E-state index < -0.39 is 0 Å². The van der Waals surface area contributed by atoms with Crippen LogP contribution >= 0.6 is 22.7 Å². The maximum absolute atomic E-state index is 12.9. The number of carbonyl (C=O) groups excluding carboxylic acids is 1. The molecule has 0 atom stereocenters. The first-order valence-corrected chi connectivity index (χ1v) is 9.99. The van der Waals surface area contributed by atoms with Crippen LogP contribution < -0.4 is 5.32 Å². The van der Waals surface area contributed by atoms with E-state index in [1.54, 1.807) is 22.7 Å². The number of nitrogens with one attached hydrogen (secondary N) is 1. The summed E-state index contributed by atoms with van der Waals surface area (Å²) in [5.41, 5.74) is -0.336. The first-order chi connectivity index (χ1) is 11.8. The molecule has 0 saturated heterocycles. The lowest BCUT2D eigenvalue weighted by molar-refractivity contribution is -0.126. The average molecular weight is 358 g/mol. The van der Waals surface area contributed by atoms with Crippen molar-refractivity contribution in [3.8, 4) is 10.6 Å². The molecule has 0 aliphatic heterocycles. The third-order valence-electron chi connectivity index (χ3n) is 4.73. The summed E-state index contributed by atoms with van der Waals surface area (Å²) in [4.78, 5) is 15.2. The van der Waals surface area contributed by atoms with Gasteiger partial charge in [-0.05, 0) is 47.9 Å². The van der Waals surface area contributed by atoms with Gasteiger partial charge in [0.1, 0.15) is 11.5 Å². The van der Waals surface area contributed by atoms with Gasteiger partial charge >= 0.3 is 0 Å². The van der Waals surface area contributed by atoms with E-state index in [4.69, 9.17) is 4.42 Å². The van der Waals surface area contributed by atoms with Gasteiger partial charge in [-0.2, -0.15) is 0 Å². The van der Waals surface area contributed by atoms with Crippen molar-refractivity contribution in [3.63, 3.8) is 0 Å². The van der Waals surface area contributed by atoms with Crippen LogP contribution in [-0.4, -0.2) is 5.91 Å². The zero-order valence-electron chi connectivity index (χ0n) is 13.3. The molecule has 1 fully saturated rings. The molecule has 0 bridgehead atoms. The minimum absolute atomic E-state index is 0.136. The van der Waals surface area contributed by atoms with Gasteiger partial charge in [0.05, 0.1) is 16.8 Å². The fraction of sp³-hybridized carbons (Fsp3) is 0.316. The molecular weight excluding hydrogens is 338 g/mol. The van der Waals surface area contributed by atoms with Gasteiger partial charge in [0.2, 0.25) is 5.91 Å². The van der Waals surface area contributed by atoms with Crippen molar-refractivity contribution in [2.24, 2.45) is 0 Å². The molecule has 1 aliphatic carbocycles. The monoisotopic (exact) mass is 357 g/mol. The smallest absolute Gasteiger partial charge is 0.231 e. The van der Waals surface area contributed by atoms with Crippen LogP contribution in [0.5, 0.6) is 0 Å². The minimum atomic E-state index is -0.336. The molecule has 0 unspecified atom stereocenters. The molecule has 0 radical (unpaired) electrons. The number of hydrogen-bond acceptors (Lipinski definition) is 4. The molecule has 0 spiro atoms. The fourth-order valence-electron chi connectivity index (χ4n) is 3.48. The second-order valence-electron chi connectivity index (χ2n) is 6.19. The highest BCUT2D eigenvalue weighted by atomic mass is 32.1. The maximum atomic E-state index is 12.9. The summed E-state index contributed by atoms with van der Waals surface area (Å²) >= 11 is 3.34. The average Bonchev–Trinajstić information content (AvgIpc) is 3.41. The molecule has 5 heteroatoms. The molecule has 3 aromatic rings. The van der Waals surface area contributed by atoms with Gasteiger partial charge in [-0.25, -0.2) is 0 Å². The number of hydrogen-bond donors (Lipinski definition) is 1. The van der Waals surface area contributed by atoms with Gasteiger partial charge in [0.15, 0.2) is 0 Å². The normalized spacial score (nSPS) is 16.3. The van der Waals surface area contributed by atoms with Crippen LogP contribution in [0.1, 0.15) is 36.3 Å². The molecule has 3 heterocycles. The van der Waals surface area contributed by atoms with E-state index in [1.165, 1.54) is 4.88 Å². The SMILES string of the molecule is O=C(NCc1ccc(-c2cccs2)o1)C1(c2cccs2)CCCC1. The molecule has 1 aliphatic rings. The zero-order chi connectivity index (χ0) is 16.4. The first-order valence-electron chi connectivity index (χ1n) is 8.23. The predicted octanol–water partition coefficient (Wildman–Crippen LogP) is 5.20. The van der Waals surface area contributed by atoms with Crippen molar-refractivity contribution >= 4 is 28.6 Å².